The van der Waals surface area contributed by atoms with Crippen LogP contribution in [0.4, 0.5) is 4.79 Å². The molecule has 0 spiro atoms. The molecule has 0 aliphatic carbocycles. The Bertz CT molecular complexity index is 473. The SMILES string of the molecule is COc1cc([C@@H](C)O)ccc1OCC(=O)NC(N)=O. The lowest BCUT2D eigenvalue weighted by molar-refractivity contribution is -0.121. The van der Waals surface area contributed by atoms with E-state index in [1.165, 1.54) is 7.11 Å². The standard InChI is InChI=1S/C12H16N2O5/c1-7(15)8-3-4-9(10(5-8)18-2)19-6-11(16)14-12(13)17/h3-5,7,15H,6H2,1-2H3,(H3,13,14,16,17)/t7-/m1/s1. The number of benzene rings is 1. The molecule has 0 saturated carbocycles. The molecule has 0 unspecified atom stereocenters. The molecule has 0 aliphatic heterocycles. The summed E-state index contributed by atoms with van der Waals surface area (Å²) in [5.74, 6) is 0.0472. The second-order valence-electron chi connectivity index (χ2n) is 3.79. The summed E-state index contributed by atoms with van der Waals surface area (Å²) in [5.41, 5.74) is 5.45. The van der Waals surface area contributed by atoms with Crippen LogP contribution in [-0.2, 0) is 4.79 Å². The van der Waals surface area contributed by atoms with Gasteiger partial charge in [0.15, 0.2) is 18.1 Å². The van der Waals surface area contributed by atoms with Crippen LogP contribution in [0.3, 0.4) is 0 Å². The second-order valence-corrected chi connectivity index (χ2v) is 3.79. The smallest absolute Gasteiger partial charge is 0.318 e. The molecule has 0 heterocycles. The van der Waals surface area contributed by atoms with Crippen molar-refractivity contribution in [2.24, 2.45) is 5.73 Å². The fraction of sp³-hybridized carbons (Fsp3) is 0.333. The van der Waals surface area contributed by atoms with Crippen LogP contribution in [0.1, 0.15) is 18.6 Å². The van der Waals surface area contributed by atoms with Crippen LogP contribution in [0.25, 0.3) is 0 Å². The van der Waals surface area contributed by atoms with Gasteiger partial charge in [-0.15, -0.1) is 0 Å². The lowest BCUT2D eigenvalue weighted by atomic mass is 10.1. The van der Waals surface area contributed by atoms with Gasteiger partial charge in [-0.3, -0.25) is 10.1 Å². The van der Waals surface area contributed by atoms with E-state index in [2.05, 4.69) is 0 Å². The van der Waals surface area contributed by atoms with Crippen molar-refractivity contribution in [3.63, 3.8) is 0 Å². The van der Waals surface area contributed by atoms with Gasteiger partial charge < -0.3 is 20.3 Å². The highest BCUT2D eigenvalue weighted by atomic mass is 16.5. The van der Waals surface area contributed by atoms with Crippen molar-refractivity contribution in [1.29, 1.82) is 0 Å². The summed E-state index contributed by atoms with van der Waals surface area (Å²) >= 11 is 0. The van der Waals surface area contributed by atoms with Crippen LogP contribution >= 0.6 is 0 Å². The number of aliphatic hydroxyl groups excluding tert-OH is 1. The molecule has 4 N–H and O–H groups in total. The average Bonchev–Trinajstić information content (AvgIpc) is 2.35. The minimum atomic E-state index is -0.940. The van der Waals surface area contributed by atoms with E-state index in [0.29, 0.717) is 17.1 Å². The summed E-state index contributed by atoms with van der Waals surface area (Å²) < 4.78 is 10.3. The summed E-state index contributed by atoms with van der Waals surface area (Å²) in [6.07, 6.45) is -0.638. The summed E-state index contributed by atoms with van der Waals surface area (Å²) in [6, 6.07) is 3.88. The molecule has 1 aromatic rings. The summed E-state index contributed by atoms with van der Waals surface area (Å²) in [7, 11) is 1.44. The van der Waals surface area contributed by atoms with Crippen molar-refractivity contribution in [2.45, 2.75) is 13.0 Å². The predicted molar refractivity (Wildman–Crippen MR) is 66.8 cm³/mol. The van der Waals surface area contributed by atoms with Crippen LogP contribution in [0.5, 0.6) is 11.5 Å². The predicted octanol–water partition coefficient (Wildman–Crippen LogP) is 0.322. The number of methoxy groups -OCH3 is 1. The highest BCUT2D eigenvalue weighted by Crippen LogP contribution is 2.30. The molecule has 19 heavy (non-hydrogen) atoms. The van der Waals surface area contributed by atoms with E-state index in [4.69, 9.17) is 15.2 Å². The highest BCUT2D eigenvalue weighted by Gasteiger charge is 2.11. The third-order valence-corrected chi connectivity index (χ3v) is 2.29. The van der Waals surface area contributed by atoms with Gasteiger partial charge >= 0.3 is 6.03 Å². The summed E-state index contributed by atoms with van der Waals surface area (Å²) in [6.45, 7) is 1.25. The first-order valence-corrected chi connectivity index (χ1v) is 5.52. The topological polar surface area (TPSA) is 111 Å². The molecule has 0 aliphatic rings. The molecule has 1 atom stereocenters. The molecular weight excluding hydrogens is 252 g/mol. The number of hydrogen-bond acceptors (Lipinski definition) is 5. The molecule has 0 bridgehead atoms. The minimum Gasteiger partial charge on any atom is -0.493 e. The number of nitrogens with two attached hydrogens (primary N) is 1. The van der Waals surface area contributed by atoms with Crippen molar-refractivity contribution in [3.05, 3.63) is 23.8 Å². The molecule has 0 saturated heterocycles. The van der Waals surface area contributed by atoms with E-state index in [1.54, 1.807) is 25.1 Å². The van der Waals surface area contributed by atoms with E-state index >= 15 is 0 Å². The number of imide groups is 1. The van der Waals surface area contributed by atoms with E-state index in [1.807, 2.05) is 5.32 Å². The maximum absolute atomic E-state index is 11.2. The number of primary amides is 1. The van der Waals surface area contributed by atoms with Gasteiger partial charge in [-0.05, 0) is 24.6 Å². The van der Waals surface area contributed by atoms with Gasteiger partial charge in [0.1, 0.15) is 0 Å². The van der Waals surface area contributed by atoms with Gasteiger partial charge in [0.2, 0.25) is 0 Å². The number of carbonyl (C=O) groups is 2. The number of nitrogens with one attached hydrogen (secondary N) is 1. The number of urea groups is 1. The third kappa shape index (κ3) is 4.47. The Kier molecular flexibility index (Phi) is 5.13. The fourth-order valence-electron chi connectivity index (χ4n) is 1.38. The molecule has 0 fully saturated rings. The largest absolute Gasteiger partial charge is 0.493 e. The first-order chi connectivity index (χ1) is 8.93. The Labute approximate surface area is 110 Å². The van der Waals surface area contributed by atoms with Gasteiger partial charge in [0, 0.05) is 0 Å². The van der Waals surface area contributed by atoms with E-state index in [0.717, 1.165) is 0 Å². The van der Waals surface area contributed by atoms with E-state index in [-0.39, 0.29) is 6.61 Å². The average molecular weight is 268 g/mol. The first-order valence-electron chi connectivity index (χ1n) is 5.52. The van der Waals surface area contributed by atoms with Crippen LogP contribution in [0.15, 0.2) is 18.2 Å². The number of carbonyl (C=O) groups excluding carboxylic acids is 2. The lowest BCUT2D eigenvalue weighted by Gasteiger charge is -2.12. The maximum atomic E-state index is 11.2. The highest BCUT2D eigenvalue weighted by molar-refractivity contribution is 5.94. The van der Waals surface area contributed by atoms with Crippen LogP contribution in [0.2, 0.25) is 0 Å². The van der Waals surface area contributed by atoms with Crippen molar-refractivity contribution >= 4 is 11.9 Å². The van der Waals surface area contributed by atoms with Crippen LogP contribution < -0.4 is 20.5 Å². The van der Waals surface area contributed by atoms with Crippen molar-refractivity contribution in [2.75, 3.05) is 13.7 Å². The first kappa shape index (κ1) is 14.8. The number of amides is 3. The maximum Gasteiger partial charge on any atom is 0.318 e. The van der Waals surface area contributed by atoms with E-state index in [9.17, 15) is 14.7 Å². The summed E-state index contributed by atoms with van der Waals surface area (Å²) in [5, 5.41) is 11.3. The molecule has 7 heteroatoms. The van der Waals surface area contributed by atoms with Gasteiger partial charge in [-0.1, -0.05) is 6.07 Å². The second kappa shape index (κ2) is 6.60. The lowest BCUT2D eigenvalue weighted by Crippen LogP contribution is -2.38. The Morgan fingerprint density at radius 2 is 2.11 bits per heavy atom. The minimum absolute atomic E-state index is 0.325. The van der Waals surface area contributed by atoms with Gasteiger partial charge in [0.05, 0.1) is 13.2 Å². The van der Waals surface area contributed by atoms with Crippen molar-refractivity contribution in [3.8, 4) is 11.5 Å². The quantitative estimate of drug-likeness (QED) is 0.712. The van der Waals surface area contributed by atoms with Crippen LogP contribution in [0, 0.1) is 0 Å². The van der Waals surface area contributed by atoms with Crippen molar-refractivity contribution in [1.82, 2.24) is 5.32 Å². The Balaban J connectivity index is 2.73. The molecule has 7 nitrogen and oxygen atoms in total. The molecule has 0 aromatic heterocycles. The third-order valence-electron chi connectivity index (χ3n) is 2.29. The Morgan fingerprint density at radius 3 is 2.63 bits per heavy atom. The zero-order chi connectivity index (χ0) is 14.4. The van der Waals surface area contributed by atoms with Crippen molar-refractivity contribution < 1.29 is 24.2 Å². The summed E-state index contributed by atoms with van der Waals surface area (Å²) in [4.78, 5) is 21.6. The Hall–Kier alpha value is -2.28. The monoisotopic (exact) mass is 268 g/mol. The molecule has 1 aromatic carbocycles. The zero-order valence-electron chi connectivity index (χ0n) is 10.7. The Morgan fingerprint density at radius 1 is 1.42 bits per heavy atom. The molecule has 3 amide bonds. The van der Waals surface area contributed by atoms with E-state index < -0.39 is 18.0 Å². The normalized spacial score (nSPS) is 11.5. The fourth-order valence-corrected chi connectivity index (χ4v) is 1.38. The van der Waals surface area contributed by atoms with Gasteiger partial charge in [-0.25, -0.2) is 4.79 Å². The number of hydrogen-bond donors (Lipinski definition) is 3. The van der Waals surface area contributed by atoms with Gasteiger partial charge in [0.25, 0.3) is 5.91 Å². The number of aliphatic hydroxyl groups is 1. The molecule has 104 valence electrons. The molecule has 0 radical (unpaired) electrons. The number of rotatable bonds is 5. The number of ether oxygens (including phenoxy) is 2. The van der Waals surface area contributed by atoms with Crippen LogP contribution in [-0.4, -0.2) is 30.8 Å². The zero-order valence-corrected chi connectivity index (χ0v) is 10.7. The molecular formula is C12H16N2O5. The molecule has 1 rings (SSSR count). The van der Waals surface area contributed by atoms with Gasteiger partial charge in [-0.2, -0.15) is 0 Å².